The zero-order valence-corrected chi connectivity index (χ0v) is 10.5. The van der Waals surface area contributed by atoms with E-state index in [1.165, 1.54) is 11.4 Å². The fourth-order valence-electron chi connectivity index (χ4n) is 1.58. The van der Waals surface area contributed by atoms with Crippen LogP contribution in [0.4, 0.5) is 27.6 Å². The molecule has 0 bridgehead atoms. The second-order valence-electron chi connectivity index (χ2n) is 4.24. The summed E-state index contributed by atoms with van der Waals surface area (Å²) in [6.45, 7) is 0.702. The second kappa shape index (κ2) is 5.38. The van der Waals surface area contributed by atoms with Gasteiger partial charge in [0, 0.05) is 18.2 Å². The van der Waals surface area contributed by atoms with Crippen molar-refractivity contribution in [3.63, 3.8) is 0 Å². The lowest BCUT2D eigenvalue weighted by atomic mass is 10.2. The Kier molecular flexibility index (Phi) is 3.93. The lowest BCUT2D eigenvalue weighted by Gasteiger charge is -2.19. The van der Waals surface area contributed by atoms with Gasteiger partial charge < -0.3 is 14.8 Å². The molecule has 9 heteroatoms. The summed E-state index contributed by atoms with van der Waals surface area (Å²) in [6.07, 6.45) is -5.36. The van der Waals surface area contributed by atoms with E-state index in [9.17, 15) is 26.7 Å². The number of halogens is 5. The van der Waals surface area contributed by atoms with Crippen LogP contribution in [0.15, 0.2) is 18.2 Å². The highest BCUT2D eigenvalue weighted by molar-refractivity contribution is 5.96. The van der Waals surface area contributed by atoms with Crippen LogP contribution in [0.1, 0.15) is 6.42 Å². The minimum atomic E-state index is -5.96. The number of carbonyl (C=O) groups is 1. The summed E-state index contributed by atoms with van der Waals surface area (Å²) in [5, 5.41) is 1.51. The van der Waals surface area contributed by atoms with Gasteiger partial charge in [-0.25, -0.2) is 0 Å². The number of fused-ring (bicyclic) bond motifs is 1. The van der Waals surface area contributed by atoms with E-state index in [4.69, 9.17) is 9.47 Å². The normalized spacial score (nSPS) is 15.3. The van der Waals surface area contributed by atoms with Gasteiger partial charge in [0.15, 0.2) is 11.5 Å². The van der Waals surface area contributed by atoms with Gasteiger partial charge in [-0.05, 0) is 12.1 Å². The van der Waals surface area contributed by atoms with Gasteiger partial charge in [-0.3, -0.25) is 4.79 Å². The van der Waals surface area contributed by atoms with Gasteiger partial charge >= 0.3 is 18.0 Å². The largest absolute Gasteiger partial charge is 0.490 e. The lowest BCUT2D eigenvalue weighted by molar-refractivity contribution is -0.267. The predicted octanol–water partition coefficient (Wildman–Crippen LogP) is 2.98. The zero-order valence-electron chi connectivity index (χ0n) is 10.5. The maximum atomic E-state index is 12.8. The van der Waals surface area contributed by atoms with E-state index in [0.29, 0.717) is 25.4 Å². The molecule has 0 unspecified atom stereocenters. The Bertz CT molecular complexity index is 544. The van der Waals surface area contributed by atoms with E-state index in [1.54, 1.807) is 0 Å². The maximum absolute atomic E-state index is 12.8. The molecule has 2 rings (SSSR count). The molecule has 0 aliphatic carbocycles. The Balaban J connectivity index is 2.17. The van der Waals surface area contributed by atoms with Crippen LogP contribution in [0.2, 0.25) is 0 Å². The molecule has 1 heterocycles. The highest BCUT2D eigenvalue weighted by Gasteiger charge is 2.63. The minimum absolute atomic E-state index is 0.167. The van der Waals surface area contributed by atoms with Gasteiger partial charge in [0.05, 0.1) is 13.2 Å². The molecule has 0 radical (unpaired) electrons. The molecule has 1 aromatic rings. The van der Waals surface area contributed by atoms with Crippen LogP contribution in [0.25, 0.3) is 0 Å². The van der Waals surface area contributed by atoms with Crippen LogP contribution in [-0.2, 0) is 4.79 Å². The van der Waals surface area contributed by atoms with Crippen LogP contribution in [0, 0.1) is 0 Å². The van der Waals surface area contributed by atoms with Gasteiger partial charge in [0.25, 0.3) is 0 Å². The number of amides is 1. The van der Waals surface area contributed by atoms with E-state index >= 15 is 0 Å². The Morgan fingerprint density at radius 3 is 2.29 bits per heavy atom. The van der Waals surface area contributed by atoms with Crippen molar-refractivity contribution in [1.82, 2.24) is 0 Å². The first kappa shape index (κ1) is 15.3. The van der Waals surface area contributed by atoms with Crippen LogP contribution in [0.3, 0.4) is 0 Å². The van der Waals surface area contributed by atoms with E-state index in [1.807, 2.05) is 0 Å². The van der Waals surface area contributed by atoms with Gasteiger partial charge in [-0.1, -0.05) is 0 Å². The molecule has 0 aromatic heterocycles. The lowest BCUT2D eigenvalue weighted by Crippen LogP contribution is -2.47. The molecule has 116 valence electrons. The average molecular weight is 311 g/mol. The molecule has 0 fully saturated rings. The molecule has 21 heavy (non-hydrogen) atoms. The number of ether oxygens (including phenoxy) is 2. The van der Waals surface area contributed by atoms with Gasteiger partial charge in [0.2, 0.25) is 0 Å². The Morgan fingerprint density at radius 1 is 1.05 bits per heavy atom. The first-order chi connectivity index (χ1) is 9.72. The zero-order chi connectivity index (χ0) is 15.7. The molecule has 0 atom stereocenters. The smallest absolute Gasteiger partial charge is 0.463 e. The standard InChI is InChI=1S/C12H10F5NO3/c13-11(14,12(15,16)17)10(19)18-7-2-3-8-9(6-7)21-5-1-4-20-8/h2-3,6H,1,4-5H2,(H,18,19). The number of benzene rings is 1. The van der Waals surface area contributed by atoms with Crippen molar-refractivity contribution in [1.29, 1.82) is 0 Å². The Hall–Kier alpha value is -2.06. The molecule has 1 aliphatic heterocycles. The van der Waals surface area contributed by atoms with Gasteiger partial charge in [-0.15, -0.1) is 0 Å². The van der Waals surface area contributed by atoms with E-state index in [0.717, 1.165) is 12.1 Å². The van der Waals surface area contributed by atoms with Crippen molar-refractivity contribution in [2.75, 3.05) is 18.5 Å². The van der Waals surface area contributed by atoms with E-state index in [2.05, 4.69) is 0 Å². The number of hydrogen-bond acceptors (Lipinski definition) is 3. The third-order valence-electron chi connectivity index (χ3n) is 2.65. The van der Waals surface area contributed by atoms with Crippen molar-refractivity contribution in [3.8, 4) is 11.5 Å². The molecule has 1 amide bonds. The molecule has 1 aromatic carbocycles. The van der Waals surface area contributed by atoms with Crippen molar-refractivity contribution in [3.05, 3.63) is 18.2 Å². The van der Waals surface area contributed by atoms with Gasteiger partial charge in [-0.2, -0.15) is 22.0 Å². The summed E-state index contributed by atoms with van der Waals surface area (Å²) in [5.41, 5.74) is -0.242. The van der Waals surface area contributed by atoms with Crippen molar-refractivity contribution >= 4 is 11.6 Å². The SMILES string of the molecule is O=C(Nc1ccc2c(c1)OCCCO2)C(F)(F)C(F)(F)F. The summed E-state index contributed by atoms with van der Waals surface area (Å²) >= 11 is 0. The second-order valence-corrected chi connectivity index (χ2v) is 4.24. The number of nitrogens with one attached hydrogen (secondary N) is 1. The predicted molar refractivity (Wildman–Crippen MR) is 61.7 cm³/mol. The highest BCUT2D eigenvalue weighted by atomic mass is 19.4. The monoisotopic (exact) mass is 311 g/mol. The van der Waals surface area contributed by atoms with Crippen LogP contribution in [0.5, 0.6) is 11.5 Å². The van der Waals surface area contributed by atoms with Crippen molar-refractivity contribution in [2.45, 2.75) is 18.5 Å². The number of alkyl halides is 5. The van der Waals surface area contributed by atoms with E-state index in [-0.39, 0.29) is 11.4 Å². The quantitative estimate of drug-likeness (QED) is 0.854. The molecule has 1 N–H and O–H groups in total. The van der Waals surface area contributed by atoms with Crippen molar-refractivity contribution in [2.24, 2.45) is 0 Å². The third-order valence-corrected chi connectivity index (χ3v) is 2.65. The van der Waals surface area contributed by atoms with E-state index < -0.39 is 18.0 Å². The summed E-state index contributed by atoms with van der Waals surface area (Å²) in [4.78, 5) is 11.1. The number of hydrogen-bond donors (Lipinski definition) is 1. The minimum Gasteiger partial charge on any atom is -0.490 e. The first-order valence-electron chi connectivity index (χ1n) is 5.87. The first-order valence-corrected chi connectivity index (χ1v) is 5.87. The maximum Gasteiger partial charge on any atom is 0.463 e. The third kappa shape index (κ3) is 3.17. The number of rotatable bonds is 2. The van der Waals surface area contributed by atoms with Gasteiger partial charge in [0.1, 0.15) is 0 Å². The number of anilines is 1. The number of carbonyl (C=O) groups excluding carboxylic acids is 1. The summed E-state index contributed by atoms with van der Waals surface area (Å²) < 4.78 is 72.3. The fourth-order valence-corrected chi connectivity index (χ4v) is 1.58. The Morgan fingerprint density at radius 2 is 1.67 bits per heavy atom. The molecular weight excluding hydrogens is 301 g/mol. The molecular formula is C12H10F5NO3. The molecule has 0 saturated heterocycles. The summed E-state index contributed by atoms with van der Waals surface area (Å²) in [6, 6.07) is 3.60. The molecule has 4 nitrogen and oxygen atoms in total. The van der Waals surface area contributed by atoms with Crippen LogP contribution in [-0.4, -0.2) is 31.2 Å². The molecule has 0 spiro atoms. The highest BCUT2D eigenvalue weighted by Crippen LogP contribution is 2.37. The van der Waals surface area contributed by atoms with Crippen LogP contribution >= 0.6 is 0 Å². The molecule has 1 aliphatic rings. The Labute approximate surface area is 115 Å². The fraction of sp³-hybridized carbons (Fsp3) is 0.417. The van der Waals surface area contributed by atoms with Crippen LogP contribution < -0.4 is 14.8 Å². The topological polar surface area (TPSA) is 47.6 Å². The average Bonchev–Trinajstić information content (AvgIpc) is 2.61. The summed E-state index contributed by atoms with van der Waals surface area (Å²) in [7, 11) is 0. The van der Waals surface area contributed by atoms with Crippen molar-refractivity contribution < 1.29 is 36.2 Å². The summed E-state index contributed by atoms with van der Waals surface area (Å²) in [5.74, 6) is -7.44. The molecule has 0 saturated carbocycles.